The van der Waals surface area contributed by atoms with Crippen molar-refractivity contribution < 1.29 is 9.53 Å². The van der Waals surface area contributed by atoms with Gasteiger partial charge in [-0.3, -0.25) is 4.79 Å². The third-order valence-corrected chi connectivity index (χ3v) is 2.60. The molecule has 18 heavy (non-hydrogen) atoms. The quantitative estimate of drug-likeness (QED) is 0.904. The van der Waals surface area contributed by atoms with E-state index in [2.05, 4.69) is 0 Å². The molecule has 4 nitrogen and oxygen atoms in total. The highest BCUT2D eigenvalue weighted by molar-refractivity contribution is 6.30. The molecule has 1 unspecified atom stereocenters. The smallest absolute Gasteiger partial charge is 0.246 e. The van der Waals surface area contributed by atoms with Crippen molar-refractivity contribution >= 4 is 35.6 Å². The lowest BCUT2D eigenvalue weighted by Crippen LogP contribution is -2.46. The number of nitrogens with zero attached hydrogens (tertiary/aromatic N) is 1. The van der Waals surface area contributed by atoms with Crippen LogP contribution in [0.3, 0.4) is 0 Å². The molecule has 0 spiro atoms. The van der Waals surface area contributed by atoms with Gasteiger partial charge < -0.3 is 15.4 Å². The van der Waals surface area contributed by atoms with Gasteiger partial charge in [0.25, 0.3) is 0 Å². The number of rotatable bonds is 5. The van der Waals surface area contributed by atoms with E-state index in [4.69, 9.17) is 22.1 Å². The minimum absolute atomic E-state index is 0. The second kappa shape index (κ2) is 8.32. The van der Waals surface area contributed by atoms with Gasteiger partial charge in [-0.25, -0.2) is 0 Å². The van der Waals surface area contributed by atoms with Crippen LogP contribution in [0.4, 0.5) is 5.69 Å². The number of ether oxygens (including phenoxy) is 1. The molecule has 0 fully saturated rings. The molecular weight excluding hydrogens is 275 g/mol. The van der Waals surface area contributed by atoms with Crippen LogP contribution in [0.5, 0.6) is 0 Å². The first kappa shape index (κ1) is 17.2. The van der Waals surface area contributed by atoms with Crippen molar-refractivity contribution in [3.8, 4) is 0 Å². The van der Waals surface area contributed by atoms with Gasteiger partial charge in [0.15, 0.2) is 0 Å². The number of benzene rings is 1. The van der Waals surface area contributed by atoms with E-state index in [0.29, 0.717) is 11.6 Å². The second-order valence-corrected chi connectivity index (χ2v) is 4.06. The highest BCUT2D eigenvalue weighted by Gasteiger charge is 2.21. The average molecular weight is 293 g/mol. The van der Waals surface area contributed by atoms with Crippen molar-refractivity contribution in [2.24, 2.45) is 5.73 Å². The molecule has 0 heterocycles. The van der Waals surface area contributed by atoms with Crippen LogP contribution in [0.1, 0.15) is 6.92 Å². The van der Waals surface area contributed by atoms with Crippen molar-refractivity contribution in [3.05, 3.63) is 29.3 Å². The van der Waals surface area contributed by atoms with E-state index in [0.717, 1.165) is 5.69 Å². The highest BCUT2D eigenvalue weighted by Crippen LogP contribution is 2.19. The van der Waals surface area contributed by atoms with Crippen molar-refractivity contribution in [2.45, 2.75) is 13.0 Å². The van der Waals surface area contributed by atoms with Crippen LogP contribution >= 0.6 is 24.0 Å². The van der Waals surface area contributed by atoms with Gasteiger partial charge in [-0.2, -0.15) is 0 Å². The molecule has 1 rings (SSSR count). The first-order chi connectivity index (χ1) is 8.10. The van der Waals surface area contributed by atoms with Crippen LogP contribution in [0.2, 0.25) is 5.02 Å². The molecule has 1 amide bonds. The number of carbonyl (C=O) groups is 1. The molecule has 1 aromatic rings. The normalized spacial score (nSPS) is 11.6. The minimum Gasteiger partial charge on any atom is -0.383 e. The first-order valence-electron chi connectivity index (χ1n) is 5.41. The van der Waals surface area contributed by atoms with Gasteiger partial charge in [-0.1, -0.05) is 17.7 Å². The summed E-state index contributed by atoms with van der Waals surface area (Å²) in [4.78, 5) is 13.6. The predicted octanol–water partition coefficient (Wildman–Crippen LogP) is 2.09. The Bertz CT molecular complexity index is 388. The lowest BCUT2D eigenvalue weighted by Gasteiger charge is -2.24. The Labute approximate surface area is 118 Å². The SMILES string of the molecule is CCN(C(=O)C(N)COC)c1cccc(Cl)c1.Cl. The van der Waals surface area contributed by atoms with Crippen molar-refractivity contribution in [1.29, 1.82) is 0 Å². The maximum Gasteiger partial charge on any atom is 0.246 e. The standard InChI is InChI=1S/C12H17ClN2O2.ClH/c1-3-15(12(16)11(14)8-17-2)10-6-4-5-9(13)7-10;/h4-7,11H,3,8,14H2,1-2H3;1H. The zero-order valence-electron chi connectivity index (χ0n) is 10.4. The molecular formula is C12H18Cl2N2O2. The van der Waals surface area contributed by atoms with E-state index in [9.17, 15) is 4.79 Å². The number of hydrogen-bond acceptors (Lipinski definition) is 3. The fourth-order valence-electron chi connectivity index (χ4n) is 1.56. The summed E-state index contributed by atoms with van der Waals surface area (Å²) in [6.07, 6.45) is 0. The lowest BCUT2D eigenvalue weighted by atomic mass is 10.2. The zero-order chi connectivity index (χ0) is 12.8. The summed E-state index contributed by atoms with van der Waals surface area (Å²) in [5, 5.41) is 0.592. The Morgan fingerprint density at radius 3 is 2.72 bits per heavy atom. The summed E-state index contributed by atoms with van der Waals surface area (Å²) < 4.78 is 4.88. The predicted molar refractivity (Wildman–Crippen MR) is 76.6 cm³/mol. The topological polar surface area (TPSA) is 55.6 Å². The highest BCUT2D eigenvalue weighted by atomic mass is 35.5. The first-order valence-corrected chi connectivity index (χ1v) is 5.79. The minimum atomic E-state index is -0.654. The Hall–Kier alpha value is -0.810. The number of nitrogens with two attached hydrogens (primary N) is 1. The molecule has 0 saturated carbocycles. The molecule has 102 valence electrons. The molecule has 0 bridgehead atoms. The van der Waals surface area contributed by atoms with Crippen LogP contribution in [0, 0.1) is 0 Å². The molecule has 0 aliphatic rings. The van der Waals surface area contributed by atoms with Crippen molar-refractivity contribution in [1.82, 2.24) is 0 Å². The number of hydrogen-bond donors (Lipinski definition) is 1. The van der Waals surface area contributed by atoms with E-state index in [1.54, 1.807) is 23.1 Å². The molecule has 0 aliphatic heterocycles. The van der Waals surface area contributed by atoms with Crippen LogP contribution < -0.4 is 10.6 Å². The van der Waals surface area contributed by atoms with E-state index in [-0.39, 0.29) is 24.9 Å². The van der Waals surface area contributed by atoms with Gasteiger partial charge in [0.2, 0.25) is 5.91 Å². The largest absolute Gasteiger partial charge is 0.383 e. The zero-order valence-corrected chi connectivity index (χ0v) is 12.0. The number of likely N-dealkylation sites (N-methyl/N-ethyl adjacent to an activating group) is 1. The van der Waals surface area contributed by atoms with Gasteiger partial charge in [-0.15, -0.1) is 12.4 Å². The summed E-state index contributed by atoms with van der Waals surface area (Å²) in [6, 6.07) is 6.47. The van der Waals surface area contributed by atoms with Crippen LogP contribution in [-0.2, 0) is 9.53 Å². The van der Waals surface area contributed by atoms with Crippen molar-refractivity contribution in [3.63, 3.8) is 0 Å². The third kappa shape index (κ3) is 4.46. The molecule has 1 aromatic carbocycles. The fourth-order valence-corrected chi connectivity index (χ4v) is 1.75. The molecule has 0 aromatic heterocycles. The summed E-state index contributed by atoms with van der Waals surface area (Å²) >= 11 is 5.90. The van der Waals surface area contributed by atoms with E-state index in [1.807, 2.05) is 13.0 Å². The molecule has 0 aliphatic carbocycles. The maximum atomic E-state index is 12.1. The number of halogens is 2. The number of amides is 1. The Kier molecular flexibility index (Phi) is 7.95. The van der Waals surface area contributed by atoms with Gasteiger partial charge in [0, 0.05) is 24.4 Å². The monoisotopic (exact) mass is 292 g/mol. The average Bonchev–Trinajstić information content (AvgIpc) is 2.30. The van der Waals surface area contributed by atoms with Crippen LogP contribution in [0.15, 0.2) is 24.3 Å². The summed E-state index contributed by atoms with van der Waals surface area (Å²) in [7, 11) is 1.52. The van der Waals surface area contributed by atoms with Crippen LogP contribution in [-0.4, -0.2) is 32.2 Å². The summed E-state index contributed by atoms with van der Waals surface area (Å²) in [5.41, 5.74) is 6.48. The molecule has 1 atom stereocenters. The third-order valence-electron chi connectivity index (χ3n) is 2.37. The second-order valence-electron chi connectivity index (χ2n) is 3.62. The van der Waals surface area contributed by atoms with Gasteiger partial charge in [-0.05, 0) is 25.1 Å². The molecule has 2 N–H and O–H groups in total. The van der Waals surface area contributed by atoms with E-state index in [1.165, 1.54) is 7.11 Å². The van der Waals surface area contributed by atoms with Crippen molar-refractivity contribution in [2.75, 3.05) is 25.2 Å². The van der Waals surface area contributed by atoms with Gasteiger partial charge in [0.05, 0.1) is 6.61 Å². The Morgan fingerprint density at radius 1 is 1.56 bits per heavy atom. The van der Waals surface area contributed by atoms with Gasteiger partial charge >= 0.3 is 0 Å². The lowest BCUT2D eigenvalue weighted by molar-refractivity contribution is -0.120. The summed E-state index contributed by atoms with van der Waals surface area (Å²) in [6.45, 7) is 2.63. The fraction of sp³-hybridized carbons (Fsp3) is 0.417. The Morgan fingerprint density at radius 2 is 2.22 bits per heavy atom. The number of anilines is 1. The number of carbonyl (C=O) groups excluding carboxylic acids is 1. The maximum absolute atomic E-state index is 12.1. The van der Waals surface area contributed by atoms with E-state index < -0.39 is 6.04 Å². The number of methoxy groups -OCH3 is 1. The summed E-state index contributed by atoms with van der Waals surface area (Å²) in [5.74, 6) is -0.170. The van der Waals surface area contributed by atoms with Gasteiger partial charge in [0.1, 0.15) is 6.04 Å². The molecule has 0 saturated heterocycles. The molecule has 0 radical (unpaired) electrons. The molecule has 6 heteroatoms. The Balaban J connectivity index is 0.00000289. The van der Waals surface area contributed by atoms with Crippen LogP contribution in [0.25, 0.3) is 0 Å². The van der Waals surface area contributed by atoms with E-state index >= 15 is 0 Å².